The summed E-state index contributed by atoms with van der Waals surface area (Å²) in [6.07, 6.45) is 1.59. The van der Waals surface area contributed by atoms with Crippen molar-refractivity contribution >= 4 is 22.8 Å². The third-order valence-corrected chi connectivity index (χ3v) is 6.29. The molecule has 1 atom stereocenters. The number of aromatic nitrogens is 1. The fourth-order valence-electron chi connectivity index (χ4n) is 4.32. The first-order chi connectivity index (χ1) is 15.9. The Hall–Kier alpha value is -3.74. The Morgan fingerprint density at radius 2 is 1.97 bits per heavy atom. The maximum absolute atomic E-state index is 14.2. The van der Waals surface area contributed by atoms with Crippen LogP contribution in [-0.4, -0.2) is 22.5 Å². The Bertz CT molecular complexity index is 1370. The monoisotopic (exact) mass is 447 g/mol. The second-order valence-corrected chi connectivity index (χ2v) is 8.39. The van der Waals surface area contributed by atoms with E-state index in [1.165, 1.54) is 12.1 Å². The number of nitrogens with zero attached hydrogens (tertiary/aromatic N) is 2. The van der Waals surface area contributed by atoms with Gasteiger partial charge in [0.1, 0.15) is 23.2 Å². The predicted molar refractivity (Wildman–Crippen MR) is 123 cm³/mol. The molecular formula is C26H23F2N3O2. The number of hydrogen-bond acceptors (Lipinski definition) is 3. The third-order valence-electron chi connectivity index (χ3n) is 6.29. The van der Waals surface area contributed by atoms with Crippen LogP contribution in [-0.2, 0) is 0 Å². The van der Waals surface area contributed by atoms with Crippen molar-refractivity contribution in [2.45, 2.75) is 32.7 Å². The van der Waals surface area contributed by atoms with Gasteiger partial charge in [0.15, 0.2) is 5.58 Å². The summed E-state index contributed by atoms with van der Waals surface area (Å²) in [7, 11) is 0. The SMILES string of the molecule is Cc1cccc(NC(=O)N2CCCC2c2nc3cc(-c4ccc(F)cc4F)ccc3o2)c1C. The van der Waals surface area contributed by atoms with E-state index in [2.05, 4.69) is 10.3 Å². The lowest BCUT2D eigenvalue weighted by Crippen LogP contribution is -2.34. The fourth-order valence-corrected chi connectivity index (χ4v) is 4.32. The van der Waals surface area contributed by atoms with Gasteiger partial charge >= 0.3 is 6.03 Å². The van der Waals surface area contributed by atoms with E-state index in [0.29, 0.717) is 34.7 Å². The highest BCUT2D eigenvalue weighted by Crippen LogP contribution is 2.35. The first kappa shape index (κ1) is 21.1. The molecule has 2 heterocycles. The summed E-state index contributed by atoms with van der Waals surface area (Å²) >= 11 is 0. The number of rotatable bonds is 3. The van der Waals surface area contributed by atoms with Gasteiger partial charge in [-0.15, -0.1) is 0 Å². The Morgan fingerprint density at radius 1 is 1.12 bits per heavy atom. The lowest BCUT2D eigenvalue weighted by molar-refractivity contribution is 0.199. The molecule has 1 saturated heterocycles. The van der Waals surface area contributed by atoms with Gasteiger partial charge in [0, 0.05) is 23.9 Å². The largest absolute Gasteiger partial charge is 0.438 e. The zero-order chi connectivity index (χ0) is 23.1. The predicted octanol–water partition coefficient (Wildman–Crippen LogP) is 6.76. The summed E-state index contributed by atoms with van der Waals surface area (Å²) in [6.45, 7) is 4.59. The minimum Gasteiger partial charge on any atom is -0.438 e. The van der Waals surface area contributed by atoms with Gasteiger partial charge in [0.25, 0.3) is 0 Å². The number of fused-ring (bicyclic) bond motifs is 1. The van der Waals surface area contributed by atoms with Crippen LogP contribution < -0.4 is 5.32 Å². The lowest BCUT2D eigenvalue weighted by Gasteiger charge is -2.23. The number of carbonyl (C=O) groups excluding carboxylic acids is 1. The van der Waals surface area contributed by atoms with Crippen molar-refractivity contribution in [2.24, 2.45) is 0 Å². The van der Waals surface area contributed by atoms with E-state index in [-0.39, 0.29) is 12.1 Å². The molecule has 2 amide bonds. The second-order valence-electron chi connectivity index (χ2n) is 8.39. The van der Waals surface area contributed by atoms with Crippen LogP contribution in [0.15, 0.2) is 59.0 Å². The van der Waals surface area contributed by atoms with E-state index in [1.54, 1.807) is 23.1 Å². The molecule has 0 aliphatic carbocycles. The van der Waals surface area contributed by atoms with Crippen molar-refractivity contribution in [3.05, 3.63) is 83.2 Å². The maximum Gasteiger partial charge on any atom is 0.322 e. The highest BCUT2D eigenvalue weighted by atomic mass is 19.1. The number of aryl methyl sites for hydroxylation is 1. The topological polar surface area (TPSA) is 58.4 Å². The first-order valence-electron chi connectivity index (χ1n) is 10.9. The fraction of sp³-hybridized carbons (Fsp3) is 0.231. The van der Waals surface area contributed by atoms with Crippen molar-refractivity contribution < 1.29 is 18.0 Å². The second kappa shape index (κ2) is 8.31. The quantitative estimate of drug-likeness (QED) is 0.378. The maximum atomic E-state index is 14.2. The summed E-state index contributed by atoms with van der Waals surface area (Å²) < 4.78 is 33.5. The van der Waals surface area contributed by atoms with E-state index < -0.39 is 11.6 Å². The van der Waals surface area contributed by atoms with E-state index >= 15 is 0 Å². The summed E-state index contributed by atoms with van der Waals surface area (Å²) in [5.41, 5.74) is 4.91. The number of likely N-dealkylation sites (tertiary alicyclic amines) is 1. The van der Waals surface area contributed by atoms with Gasteiger partial charge in [-0.2, -0.15) is 0 Å². The number of halogens is 2. The average molecular weight is 447 g/mol. The molecule has 168 valence electrons. The molecule has 0 saturated carbocycles. The molecule has 1 unspecified atom stereocenters. The zero-order valence-corrected chi connectivity index (χ0v) is 18.4. The van der Waals surface area contributed by atoms with Gasteiger partial charge < -0.3 is 14.6 Å². The number of nitrogens with one attached hydrogen (secondary N) is 1. The van der Waals surface area contributed by atoms with Gasteiger partial charge in [0.05, 0.1) is 0 Å². The molecule has 5 nitrogen and oxygen atoms in total. The van der Waals surface area contributed by atoms with Crippen LogP contribution in [0.25, 0.3) is 22.2 Å². The molecule has 0 bridgehead atoms. The number of urea groups is 1. The third kappa shape index (κ3) is 3.95. The first-order valence-corrected chi connectivity index (χ1v) is 10.9. The van der Waals surface area contributed by atoms with E-state index in [9.17, 15) is 13.6 Å². The molecular weight excluding hydrogens is 424 g/mol. The van der Waals surface area contributed by atoms with Gasteiger partial charge in [-0.25, -0.2) is 18.6 Å². The Balaban J connectivity index is 1.42. The molecule has 0 radical (unpaired) electrons. The molecule has 1 aromatic heterocycles. The number of amides is 2. The highest BCUT2D eigenvalue weighted by molar-refractivity contribution is 5.91. The molecule has 3 aromatic carbocycles. The summed E-state index contributed by atoms with van der Waals surface area (Å²) in [5, 5.41) is 3.01. The van der Waals surface area contributed by atoms with Crippen LogP contribution in [0.1, 0.15) is 35.9 Å². The number of carbonyl (C=O) groups is 1. The van der Waals surface area contributed by atoms with E-state index in [1.807, 2.05) is 32.0 Å². The van der Waals surface area contributed by atoms with E-state index in [4.69, 9.17) is 4.42 Å². The van der Waals surface area contributed by atoms with Crippen LogP contribution in [0.3, 0.4) is 0 Å². The summed E-state index contributed by atoms with van der Waals surface area (Å²) in [4.78, 5) is 19.4. The van der Waals surface area contributed by atoms with Crippen LogP contribution >= 0.6 is 0 Å². The molecule has 1 aliphatic rings. The number of anilines is 1. The van der Waals surface area contributed by atoms with Gasteiger partial charge in [-0.1, -0.05) is 18.2 Å². The highest BCUT2D eigenvalue weighted by Gasteiger charge is 2.34. The molecule has 5 rings (SSSR count). The molecule has 1 N–H and O–H groups in total. The van der Waals surface area contributed by atoms with Gasteiger partial charge in [-0.05, 0) is 73.7 Å². The summed E-state index contributed by atoms with van der Waals surface area (Å²) in [6, 6.07) is 14.0. The van der Waals surface area contributed by atoms with Crippen molar-refractivity contribution in [3.8, 4) is 11.1 Å². The van der Waals surface area contributed by atoms with Crippen LogP contribution in [0.2, 0.25) is 0 Å². The van der Waals surface area contributed by atoms with Crippen LogP contribution in [0.5, 0.6) is 0 Å². The number of oxazole rings is 1. The van der Waals surface area contributed by atoms with Gasteiger partial charge in [0.2, 0.25) is 5.89 Å². The van der Waals surface area contributed by atoms with Crippen molar-refractivity contribution in [2.75, 3.05) is 11.9 Å². The molecule has 7 heteroatoms. The number of benzene rings is 3. The molecule has 1 fully saturated rings. The normalized spacial score (nSPS) is 15.9. The van der Waals surface area contributed by atoms with Crippen LogP contribution in [0.4, 0.5) is 19.3 Å². The van der Waals surface area contributed by atoms with E-state index in [0.717, 1.165) is 35.7 Å². The molecule has 33 heavy (non-hydrogen) atoms. The van der Waals surface area contributed by atoms with Crippen molar-refractivity contribution in [1.82, 2.24) is 9.88 Å². The molecule has 1 aliphatic heterocycles. The average Bonchev–Trinajstić information content (AvgIpc) is 3.43. The van der Waals surface area contributed by atoms with Crippen molar-refractivity contribution in [3.63, 3.8) is 0 Å². The minimum absolute atomic E-state index is 0.192. The Morgan fingerprint density at radius 3 is 2.79 bits per heavy atom. The number of hydrogen-bond donors (Lipinski definition) is 1. The van der Waals surface area contributed by atoms with Crippen molar-refractivity contribution in [1.29, 1.82) is 0 Å². The smallest absolute Gasteiger partial charge is 0.322 e. The van der Waals surface area contributed by atoms with Gasteiger partial charge in [-0.3, -0.25) is 0 Å². The standard InChI is InChI=1S/C26H23F2N3O2/c1-15-5-3-6-21(16(15)2)30-26(32)31-12-4-7-23(31)25-29-22-13-17(8-11-24(22)33-25)19-10-9-18(27)14-20(19)28/h3,5-6,8-11,13-14,23H,4,7,12H2,1-2H3,(H,30,32). The lowest BCUT2D eigenvalue weighted by atomic mass is 10.0. The summed E-state index contributed by atoms with van der Waals surface area (Å²) in [5.74, 6) is -0.806. The Labute approximate surface area is 190 Å². The van der Waals surface area contributed by atoms with Crippen LogP contribution in [0, 0.1) is 25.5 Å². The molecule has 4 aromatic rings. The Kier molecular flexibility index (Phi) is 5.32. The molecule has 0 spiro atoms. The minimum atomic E-state index is -0.636. The zero-order valence-electron chi connectivity index (χ0n) is 18.4.